The van der Waals surface area contributed by atoms with E-state index in [9.17, 15) is 0 Å². The zero-order valence-electron chi connectivity index (χ0n) is 11.6. The molecule has 3 heteroatoms. The summed E-state index contributed by atoms with van der Waals surface area (Å²) in [4.78, 5) is 4.91. The number of hydrogen-bond acceptors (Lipinski definition) is 3. The van der Waals surface area contributed by atoms with Crippen LogP contribution in [0.3, 0.4) is 0 Å². The van der Waals surface area contributed by atoms with Gasteiger partial charge in [-0.1, -0.05) is 43.7 Å². The van der Waals surface area contributed by atoms with Gasteiger partial charge in [0.1, 0.15) is 0 Å². The lowest BCUT2D eigenvalue weighted by Gasteiger charge is -2.32. The average Bonchev–Trinajstić information content (AvgIpc) is 2.48. The quantitative estimate of drug-likeness (QED) is 0.868. The van der Waals surface area contributed by atoms with Crippen LogP contribution >= 0.6 is 11.8 Å². The molecule has 0 aromatic heterocycles. The Labute approximate surface area is 120 Å². The molecule has 0 spiro atoms. The molecule has 0 saturated heterocycles. The molecule has 1 saturated carbocycles. The molecule has 1 heterocycles. The Morgan fingerprint density at radius 3 is 2.79 bits per heavy atom. The van der Waals surface area contributed by atoms with Crippen molar-refractivity contribution in [1.82, 2.24) is 0 Å². The predicted molar refractivity (Wildman–Crippen MR) is 85.1 cm³/mol. The number of rotatable bonds is 2. The number of hydrogen-bond donors (Lipinski definition) is 1. The molecule has 2 aliphatic rings. The number of thioether (sulfide) groups is 1. The largest absolute Gasteiger partial charge is 0.335 e. The van der Waals surface area contributed by atoms with Crippen LogP contribution in [0.25, 0.3) is 0 Å². The topological polar surface area (TPSA) is 24.4 Å². The monoisotopic (exact) mass is 274 g/mol. The summed E-state index contributed by atoms with van der Waals surface area (Å²) in [6, 6.07) is 9.29. The molecule has 19 heavy (non-hydrogen) atoms. The van der Waals surface area contributed by atoms with Crippen LogP contribution in [-0.4, -0.2) is 17.0 Å². The lowest BCUT2D eigenvalue weighted by atomic mass is 9.86. The molecular weight excluding hydrogens is 252 g/mol. The van der Waals surface area contributed by atoms with E-state index in [1.165, 1.54) is 37.0 Å². The van der Waals surface area contributed by atoms with Crippen LogP contribution in [0, 0.1) is 5.92 Å². The maximum absolute atomic E-state index is 4.91. The normalized spacial score (nSPS) is 26.5. The van der Waals surface area contributed by atoms with Crippen molar-refractivity contribution in [2.45, 2.75) is 45.1 Å². The van der Waals surface area contributed by atoms with E-state index in [1.807, 2.05) is 11.8 Å². The number of benzene rings is 1. The van der Waals surface area contributed by atoms with Gasteiger partial charge in [-0.15, -0.1) is 0 Å². The number of fused-ring (bicyclic) bond motifs is 1. The van der Waals surface area contributed by atoms with E-state index in [4.69, 9.17) is 4.99 Å². The van der Waals surface area contributed by atoms with Crippen LogP contribution in [0.1, 0.15) is 38.2 Å². The third-order valence-electron chi connectivity index (χ3n) is 4.20. The maximum atomic E-state index is 4.91. The Morgan fingerprint density at radius 1 is 1.21 bits per heavy atom. The number of nitrogens with one attached hydrogen (secondary N) is 1. The number of aryl methyl sites for hydroxylation is 1. The van der Waals surface area contributed by atoms with Crippen molar-refractivity contribution in [3.05, 3.63) is 29.8 Å². The highest BCUT2D eigenvalue weighted by atomic mass is 32.2. The summed E-state index contributed by atoms with van der Waals surface area (Å²) in [6.45, 7) is 2.19. The van der Waals surface area contributed by atoms with Crippen LogP contribution in [0.4, 0.5) is 5.69 Å². The Bertz CT molecular complexity index is 452. The summed E-state index contributed by atoms with van der Waals surface area (Å²) in [5.41, 5.74) is 2.55. The Morgan fingerprint density at radius 2 is 2.00 bits per heavy atom. The molecule has 1 fully saturated rings. The van der Waals surface area contributed by atoms with Crippen molar-refractivity contribution in [2.24, 2.45) is 10.9 Å². The molecular formula is C16H22N2S. The molecule has 1 aromatic carbocycles. The van der Waals surface area contributed by atoms with Gasteiger partial charge in [0, 0.05) is 11.4 Å². The van der Waals surface area contributed by atoms with Gasteiger partial charge in [-0.3, -0.25) is 4.99 Å². The van der Waals surface area contributed by atoms with Crippen LogP contribution in [0.5, 0.6) is 0 Å². The Balaban J connectivity index is 1.67. The second kappa shape index (κ2) is 6.00. The highest BCUT2D eigenvalue weighted by Crippen LogP contribution is 2.34. The van der Waals surface area contributed by atoms with Crippen LogP contribution < -0.4 is 5.32 Å². The molecule has 3 rings (SSSR count). The van der Waals surface area contributed by atoms with Crippen molar-refractivity contribution in [2.75, 3.05) is 11.1 Å². The van der Waals surface area contributed by atoms with E-state index in [1.54, 1.807) is 0 Å². The average molecular weight is 274 g/mol. The van der Waals surface area contributed by atoms with Gasteiger partial charge in [0.25, 0.3) is 0 Å². The molecule has 2 atom stereocenters. The van der Waals surface area contributed by atoms with Gasteiger partial charge < -0.3 is 5.32 Å². The van der Waals surface area contributed by atoms with Crippen LogP contribution in [0.2, 0.25) is 0 Å². The van der Waals surface area contributed by atoms with Crippen molar-refractivity contribution in [3.63, 3.8) is 0 Å². The minimum absolute atomic E-state index is 0.576. The molecule has 0 radical (unpaired) electrons. The van der Waals surface area contributed by atoms with E-state index < -0.39 is 0 Å². The molecule has 2 unspecified atom stereocenters. The third kappa shape index (κ3) is 3.14. The highest BCUT2D eigenvalue weighted by Gasteiger charge is 2.28. The van der Waals surface area contributed by atoms with Crippen molar-refractivity contribution >= 4 is 22.6 Å². The second-order valence-electron chi connectivity index (χ2n) is 5.53. The molecule has 1 aromatic rings. The first-order valence-corrected chi connectivity index (χ1v) is 8.40. The van der Waals surface area contributed by atoms with Gasteiger partial charge >= 0.3 is 0 Å². The number of amidine groups is 1. The van der Waals surface area contributed by atoms with Gasteiger partial charge in [0.2, 0.25) is 0 Å². The lowest BCUT2D eigenvalue weighted by Crippen LogP contribution is -2.31. The number of aliphatic imine (C=N–C) groups is 1. The van der Waals surface area contributed by atoms with Gasteiger partial charge in [-0.05, 0) is 42.9 Å². The molecule has 0 bridgehead atoms. The molecule has 1 aliphatic heterocycles. The summed E-state index contributed by atoms with van der Waals surface area (Å²) >= 11 is 1.89. The lowest BCUT2D eigenvalue weighted by molar-refractivity contribution is 0.336. The van der Waals surface area contributed by atoms with E-state index >= 15 is 0 Å². The van der Waals surface area contributed by atoms with Crippen molar-refractivity contribution < 1.29 is 0 Å². The minimum Gasteiger partial charge on any atom is -0.335 e. The van der Waals surface area contributed by atoms with E-state index in [2.05, 4.69) is 36.5 Å². The first kappa shape index (κ1) is 13.0. The van der Waals surface area contributed by atoms with E-state index in [0.29, 0.717) is 6.04 Å². The van der Waals surface area contributed by atoms with Crippen LogP contribution in [0.15, 0.2) is 29.3 Å². The number of anilines is 1. The maximum Gasteiger partial charge on any atom is 0.161 e. The third-order valence-corrected chi connectivity index (χ3v) is 5.28. The SMILES string of the molecule is CCc1ccc(NC2=NC3CCCCC3CS2)cc1. The molecule has 2 nitrogen and oxygen atoms in total. The molecule has 102 valence electrons. The first-order valence-electron chi connectivity index (χ1n) is 7.41. The van der Waals surface area contributed by atoms with Crippen molar-refractivity contribution in [3.8, 4) is 0 Å². The molecule has 0 amide bonds. The van der Waals surface area contributed by atoms with Crippen LogP contribution in [-0.2, 0) is 6.42 Å². The Hall–Kier alpha value is -0.960. The van der Waals surface area contributed by atoms with E-state index in [-0.39, 0.29) is 0 Å². The smallest absolute Gasteiger partial charge is 0.161 e. The summed E-state index contributed by atoms with van der Waals surface area (Å²) < 4.78 is 0. The van der Waals surface area contributed by atoms with Gasteiger partial charge in [-0.25, -0.2) is 0 Å². The summed E-state index contributed by atoms with van der Waals surface area (Å²) in [5.74, 6) is 2.07. The second-order valence-corrected chi connectivity index (χ2v) is 6.54. The molecule has 1 N–H and O–H groups in total. The van der Waals surface area contributed by atoms with E-state index in [0.717, 1.165) is 23.2 Å². The van der Waals surface area contributed by atoms with Gasteiger partial charge in [0.05, 0.1) is 6.04 Å². The standard InChI is InChI=1S/C16H22N2S/c1-2-12-7-9-14(10-8-12)17-16-18-15-6-4-3-5-13(15)11-19-16/h7-10,13,15H,2-6,11H2,1H3,(H,17,18). The van der Waals surface area contributed by atoms with Crippen molar-refractivity contribution in [1.29, 1.82) is 0 Å². The fourth-order valence-electron chi connectivity index (χ4n) is 2.94. The zero-order valence-corrected chi connectivity index (χ0v) is 12.4. The van der Waals surface area contributed by atoms with Gasteiger partial charge in [-0.2, -0.15) is 0 Å². The zero-order chi connectivity index (χ0) is 13.1. The fraction of sp³-hybridized carbons (Fsp3) is 0.562. The molecule has 1 aliphatic carbocycles. The fourth-order valence-corrected chi connectivity index (χ4v) is 4.10. The number of nitrogens with zero attached hydrogens (tertiary/aromatic N) is 1. The first-order chi connectivity index (χ1) is 9.35. The summed E-state index contributed by atoms with van der Waals surface area (Å²) in [7, 11) is 0. The minimum atomic E-state index is 0.576. The van der Waals surface area contributed by atoms with Gasteiger partial charge in [0.15, 0.2) is 5.17 Å². The highest BCUT2D eigenvalue weighted by molar-refractivity contribution is 8.14. The Kier molecular flexibility index (Phi) is 4.12. The predicted octanol–water partition coefficient (Wildman–Crippen LogP) is 4.32. The summed E-state index contributed by atoms with van der Waals surface area (Å²) in [6.07, 6.45) is 6.51. The summed E-state index contributed by atoms with van der Waals surface area (Å²) in [5, 5.41) is 4.60.